The molecule has 0 saturated heterocycles. The van der Waals surface area contributed by atoms with E-state index < -0.39 is 0 Å². The van der Waals surface area contributed by atoms with Gasteiger partial charge in [0.05, 0.1) is 17.1 Å². The number of anilines is 3. The smallest absolute Gasteiger partial charge is 0.152 e. The van der Waals surface area contributed by atoms with Crippen molar-refractivity contribution in [2.75, 3.05) is 57.0 Å². The number of hydrogen-bond acceptors (Lipinski definition) is 4. The van der Waals surface area contributed by atoms with Crippen LogP contribution in [0.4, 0.5) is 17.1 Å². The van der Waals surface area contributed by atoms with Crippen LogP contribution in [-0.2, 0) is 0 Å². The number of aldehydes is 1. The Labute approximate surface area is 103 Å². The molecule has 17 heavy (non-hydrogen) atoms. The van der Waals surface area contributed by atoms with Crippen LogP contribution in [0.5, 0.6) is 0 Å². The normalized spacial score (nSPS) is 10.0. The zero-order valence-electron chi connectivity index (χ0n) is 11.5. The molecular weight excluding hydrogens is 214 g/mol. The van der Waals surface area contributed by atoms with Crippen LogP contribution in [0.1, 0.15) is 10.4 Å². The first kappa shape index (κ1) is 13.4. The maximum Gasteiger partial charge on any atom is 0.152 e. The molecule has 0 aliphatic carbocycles. The zero-order valence-corrected chi connectivity index (χ0v) is 11.5. The number of rotatable bonds is 4. The second kappa shape index (κ2) is 5.08. The third-order valence-corrected chi connectivity index (χ3v) is 2.66. The van der Waals surface area contributed by atoms with E-state index in [1.54, 1.807) is 0 Å². The summed E-state index contributed by atoms with van der Waals surface area (Å²) in [7, 11) is 11.9. The second-order valence-corrected chi connectivity index (χ2v) is 4.67. The van der Waals surface area contributed by atoms with Gasteiger partial charge in [0.1, 0.15) is 0 Å². The summed E-state index contributed by atoms with van der Waals surface area (Å²) in [5.41, 5.74) is 3.83. The van der Waals surface area contributed by atoms with Gasteiger partial charge in [0.15, 0.2) is 6.29 Å². The van der Waals surface area contributed by atoms with Crippen LogP contribution in [0.3, 0.4) is 0 Å². The van der Waals surface area contributed by atoms with Crippen molar-refractivity contribution in [3.8, 4) is 0 Å². The number of hydrogen-bond donors (Lipinski definition) is 0. The fourth-order valence-corrected chi connectivity index (χ4v) is 1.95. The quantitative estimate of drug-likeness (QED) is 0.742. The molecule has 0 fully saturated rings. The first-order valence-corrected chi connectivity index (χ1v) is 5.54. The SMILES string of the molecule is CN(C)c1ccc(C=O)c(N(C)C)c1N(C)C. The molecule has 0 spiro atoms. The van der Waals surface area contributed by atoms with Crippen LogP contribution in [0.25, 0.3) is 0 Å². The van der Waals surface area contributed by atoms with Crippen molar-refractivity contribution in [1.82, 2.24) is 0 Å². The average molecular weight is 235 g/mol. The molecule has 0 aliphatic rings. The highest BCUT2D eigenvalue weighted by atomic mass is 16.1. The van der Waals surface area contributed by atoms with Crippen molar-refractivity contribution in [3.05, 3.63) is 17.7 Å². The summed E-state index contributed by atoms with van der Waals surface area (Å²) < 4.78 is 0. The molecule has 0 heterocycles. The van der Waals surface area contributed by atoms with Gasteiger partial charge in [-0.2, -0.15) is 0 Å². The Morgan fingerprint density at radius 2 is 1.35 bits per heavy atom. The third kappa shape index (κ3) is 2.52. The van der Waals surface area contributed by atoms with Crippen molar-refractivity contribution < 1.29 is 4.79 Å². The van der Waals surface area contributed by atoms with E-state index in [4.69, 9.17) is 0 Å². The van der Waals surface area contributed by atoms with Crippen LogP contribution in [-0.4, -0.2) is 48.6 Å². The highest BCUT2D eigenvalue weighted by Gasteiger charge is 2.17. The molecule has 4 nitrogen and oxygen atoms in total. The predicted molar refractivity (Wildman–Crippen MR) is 74.8 cm³/mol. The molecule has 1 aromatic rings. The molecule has 0 aromatic heterocycles. The van der Waals surface area contributed by atoms with Crippen molar-refractivity contribution in [2.45, 2.75) is 0 Å². The molecule has 0 saturated carbocycles. The van der Waals surface area contributed by atoms with Gasteiger partial charge in [-0.25, -0.2) is 0 Å². The highest BCUT2D eigenvalue weighted by molar-refractivity contribution is 5.96. The first-order valence-electron chi connectivity index (χ1n) is 5.54. The lowest BCUT2D eigenvalue weighted by Crippen LogP contribution is -2.22. The molecular formula is C13H21N3O. The van der Waals surface area contributed by atoms with E-state index in [1.165, 1.54) is 0 Å². The van der Waals surface area contributed by atoms with E-state index in [9.17, 15) is 4.79 Å². The summed E-state index contributed by atoms with van der Waals surface area (Å²) >= 11 is 0. The summed E-state index contributed by atoms with van der Waals surface area (Å²) in [6.45, 7) is 0. The summed E-state index contributed by atoms with van der Waals surface area (Å²) in [4.78, 5) is 17.2. The van der Waals surface area contributed by atoms with E-state index in [1.807, 2.05) is 64.2 Å². The fraction of sp³-hybridized carbons (Fsp3) is 0.462. The summed E-state index contributed by atoms with van der Waals surface area (Å²) in [6, 6.07) is 3.84. The molecule has 0 N–H and O–H groups in total. The Hall–Kier alpha value is -1.71. The monoisotopic (exact) mass is 235 g/mol. The summed E-state index contributed by atoms with van der Waals surface area (Å²) in [5.74, 6) is 0. The number of carbonyl (C=O) groups is 1. The Bertz CT molecular complexity index is 411. The van der Waals surface area contributed by atoms with Crippen LogP contribution in [0.15, 0.2) is 12.1 Å². The average Bonchev–Trinajstić information content (AvgIpc) is 2.26. The Kier molecular flexibility index (Phi) is 3.99. The maximum absolute atomic E-state index is 11.1. The molecule has 0 bridgehead atoms. The van der Waals surface area contributed by atoms with E-state index in [0.717, 1.165) is 23.3 Å². The molecule has 0 atom stereocenters. The van der Waals surface area contributed by atoms with E-state index in [-0.39, 0.29) is 0 Å². The van der Waals surface area contributed by atoms with Gasteiger partial charge in [0, 0.05) is 47.8 Å². The van der Waals surface area contributed by atoms with E-state index >= 15 is 0 Å². The van der Waals surface area contributed by atoms with Gasteiger partial charge in [-0.3, -0.25) is 4.79 Å². The standard InChI is InChI=1S/C13H21N3O/c1-14(2)11-8-7-10(9-17)12(15(3)4)13(11)16(5)6/h7-9H,1-6H3. The van der Waals surface area contributed by atoms with Crippen molar-refractivity contribution in [1.29, 1.82) is 0 Å². The third-order valence-electron chi connectivity index (χ3n) is 2.66. The molecule has 0 unspecified atom stereocenters. The van der Waals surface area contributed by atoms with Crippen LogP contribution in [0.2, 0.25) is 0 Å². The molecule has 94 valence electrons. The summed E-state index contributed by atoms with van der Waals surface area (Å²) in [6.07, 6.45) is 0.905. The minimum Gasteiger partial charge on any atom is -0.376 e. The minimum atomic E-state index is 0.712. The van der Waals surface area contributed by atoms with E-state index in [2.05, 4.69) is 4.90 Å². The van der Waals surface area contributed by atoms with Crippen LogP contribution >= 0.6 is 0 Å². The molecule has 1 aromatic carbocycles. The molecule has 1 rings (SSSR count). The molecule has 0 aliphatic heterocycles. The first-order chi connectivity index (χ1) is 7.90. The molecule has 0 radical (unpaired) electrons. The van der Waals surface area contributed by atoms with Crippen molar-refractivity contribution in [3.63, 3.8) is 0 Å². The highest BCUT2D eigenvalue weighted by Crippen LogP contribution is 2.38. The molecule has 4 heteroatoms. The summed E-state index contributed by atoms with van der Waals surface area (Å²) in [5, 5.41) is 0. The van der Waals surface area contributed by atoms with Gasteiger partial charge in [-0.05, 0) is 12.1 Å². The fourth-order valence-electron chi connectivity index (χ4n) is 1.95. The van der Waals surface area contributed by atoms with Crippen LogP contribution in [0, 0.1) is 0 Å². The topological polar surface area (TPSA) is 26.8 Å². The van der Waals surface area contributed by atoms with E-state index in [0.29, 0.717) is 5.56 Å². The zero-order chi connectivity index (χ0) is 13.2. The van der Waals surface area contributed by atoms with Crippen molar-refractivity contribution >= 4 is 23.3 Å². The minimum absolute atomic E-state index is 0.712. The van der Waals surface area contributed by atoms with Crippen molar-refractivity contribution in [2.24, 2.45) is 0 Å². The number of carbonyl (C=O) groups excluding carboxylic acids is 1. The van der Waals surface area contributed by atoms with Gasteiger partial charge in [0.2, 0.25) is 0 Å². The second-order valence-electron chi connectivity index (χ2n) is 4.67. The Balaban J connectivity index is 3.59. The lowest BCUT2D eigenvalue weighted by atomic mass is 10.1. The maximum atomic E-state index is 11.1. The van der Waals surface area contributed by atoms with Gasteiger partial charge < -0.3 is 14.7 Å². The van der Waals surface area contributed by atoms with Crippen LogP contribution < -0.4 is 14.7 Å². The van der Waals surface area contributed by atoms with Gasteiger partial charge in [-0.1, -0.05) is 0 Å². The largest absolute Gasteiger partial charge is 0.376 e. The van der Waals surface area contributed by atoms with Gasteiger partial charge in [-0.15, -0.1) is 0 Å². The van der Waals surface area contributed by atoms with Gasteiger partial charge in [0.25, 0.3) is 0 Å². The Morgan fingerprint density at radius 1 is 0.824 bits per heavy atom. The number of benzene rings is 1. The predicted octanol–water partition coefficient (Wildman–Crippen LogP) is 1.70. The molecule has 0 amide bonds. The van der Waals surface area contributed by atoms with Gasteiger partial charge >= 0.3 is 0 Å². The Morgan fingerprint density at radius 3 is 1.71 bits per heavy atom. The number of nitrogens with zero attached hydrogens (tertiary/aromatic N) is 3. The lowest BCUT2D eigenvalue weighted by molar-refractivity contribution is 0.112. The lowest BCUT2D eigenvalue weighted by Gasteiger charge is -2.29.